The zero-order chi connectivity index (χ0) is 12.8. The molecule has 1 unspecified atom stereocenters. The highest BCUT2D eigenvalue weighted by Crippen LogP contribution is 2.12. The Hall–Kier alpha value is -1.35. The molecule has 0 aromatic heterocycles. The van der Waals surface area contributed by atoms with Gasteiger partial charge in [-0.1, -0.05) is 31.2 Å². The summed E-state index contributed by atoms with van der Waals surface area (Å²) < 4.78 is 0. The topological polar surface area (TPSA) is 46.3 Å². The fourth-order valence-corrected chi connectivity index (χ4v) is 1.83. The lowest BCUT2D eigenvalue weighted by Gasteiger charge is -2.19. The minimum Gasteiger partial charge on any atom is -0.349 e. The van der Waals surface area contributed by atoms with E-state index in [1.54, 1.807) is 19.0 Å². The van der Waals surface area contributed by atoms with Crippen molar-refractivity contribution in [1.82, 2.24) is 4.90 Å². The molecule has 17 heavy (non-hydrogen) atoms. The molecule has 0 heterocycles. The summed E-state index contributed by atoms with van der Waals surface area (Å²) in [5.41, 5.74) is 8.16. The summed E-state index contributed by atoms with van der Waals surface area (Å²) in [5.74, 6) is -0.00968. The van der Waals surface area contributed by atoms with Crippen LogP contribution in [0, 0.1) is 5.92 Å². The number of hydrogen-bond donors (Lipinski definition) is 1. The Bertz CT molecular complexity index is 357. The molecule has 3 nitrogen and oxygen atoms in total. The van der Waals surface area contributed by atoms with Crippen molar-refractivity contribution >= 4 is 5.91 Å². The van der Waals surface area contributed by atoms with E-state index in [0.29, 0.717) is 6.54 Å². The third-order valence-electron chi connectivity index (χ3n) is 2.99. The number of carbonyl (C=O) groups excluding carboxylic acids is 1. The zero-order valence-corrected chi connectivity index (χ0v) is 10.9. The molecule has 0 aliphatic rings. The van der Waals surface area contributed by atoms with Gasteiger partial charge < -0.3 is 10.6 Å². The highest BCUT2D eigenvalue weighted by atomic mass is 16.2. The van der Waals surface area contributed by atoms with Crippen molar-refractivity contribution in [2.75, 3.05) is 20.6 Å². The summed E-state index contributed by atoms with van der Waals surface area (Å²) >= 11 is 0. The summed E-state index contributed by atoms with van der Waals surface area (Å²) in [5, 5.41) is 0. The predicted octanol–water partition coefficient (Wildman–Crippen LogP) is 1.45. The Labute approximate surface area is 104 Å². The molecule has 0 aliphatic heterocycles. The molecule has 94 valence electrons. The molecule has 0 saturated carbocycles. The molecule has 0 bridgehead atoms. The molecule has 3 heteroatoms. The SMILES string of the molecule is CCc1ccc(CC(CN)C(=O)N(C)C)cc1. The number of carbonyl (C=O) groups is 1. The Morgan fingerprint density at radius 1 is 1.24 bits per heavy atom. The maximum atomic E-state index is 11.8. The van der Waals surface area contributed by atoms with Gasteiger partial charge in [0, 0.05) is 20.6 Å². The van der Waals surface area contributed by atoms with Gasteiger partial charge in [0.25, 0.3) is 0 Å². The molecule has 1 atom stereocenters. The van der Waals surface area contributed by atoms with Crippen LogP contribution in [0.5, 0.6) is 0 Å². The van der Waals surface area contributed by atoms with Crippen LogP contribution in [0.25, 0.3) is 0 Å². The first-order valence-corrected chi connectivity index (χ1v) is 6.07. The third-order valence-corrected chi connectivity index (χ3v) is 2.99. The highest BCUT2D eigenvalue weighted by Gasteiger charge is 2.18. The summed E-state index contributed by atoms with van der Waals surface area (Å²) in [6, 6.07) is 8.40. The van der Waals surface area contributed by atoms with Crippen LogP contribution in [0.1, 0.15) is 18.1 Å². The summed E-state index contributed by atoms with van der Waals surface area (Å²) in [6.45, 7) is 2.53. The predicted molar refractivity (Wildman–Crippen MR) is 70.8 cm³/mol. The summed E-state index contributed by atoms with van der Waals surface area (Å²) in [4.78, 5) is 13.5. The van der Waals surface area contributed by atoms with Gasteiger partial charge in [0.1, 0.15) is 0 Å². The van der Waals surface area contributed by atoms with E-state index in [1.165, 1.54) is 11.1 Å². The Morgan fingerprint density at radius 2 is 1.76 bits per heavy atom. The number of benzene rings is 1. The van der Waals surface area contributed by atoms with Crippen LogP contribution >= 0.6 is 0 Å². The monoisotopic (exact) mass is 234 g/mol. The first kappa shape index (κ1) is 13.7. The van der Waals surface area contributed by atoms with Crippen LogP contribution in [-0.4, -0.2) is 31.4 Å². The normalized spacial score (nSPS) is 12.2. The first-order valence-electron chi connectivity index (χ1n) is 6.07. The van der Waals surface area contributed by atoms with Gasteiger partial charge in [-0.3, -0.25) is 4.79 Å². The van der Waals surface area contributed by atoms with E-state index in [1.807, 2.05) is 0 Å². The molecule has 0 saturated heterocycles. The third kappa shape index (κ3) is 3.86. The van der Waals surface area contributed by atoms with Gasteiger partial charge in [0.2, 0.25) is 5.91 Å². The van der Waals surface area contributed by atoms with Crippen molar-refractivity contribution < 1.29 is 4.79 Å². The molecule has 2 N–H and O–H groups in total. The van der Waals surface area contributed by atoms with Crippen LogP contribution in [0.2, 0.25) is 0 Å². The standard InChI is InChI=1S/C14H22N2O/c1-4-11-5-7-12(8-6-11)9-13(10-15)14(17)16(2)3/h5-8,13H,4,9-10,15H2,1-3H3. The van der Waals surface area contributed by atoms with Crippen LogP contribution in [0.3, 0.4) is 0 Å². The van der Waals surface area contributed by atoms with E-state index in [4.69, 9.17) is 5.73 Å². The van der Waals surface area contributed by atoms with E-state index >= 15 is 0 Å². The van der Waals surface area contributed by atoms with E-state index in [2.05, 4.69) is 31.2 Å². The molecule has 1 rings (SSSR count). The maximum Gasteiger partial charge on any atom is 0.226 e. The molecule has 1 amide bonds. The Morgan fingerprint density at radius 3 is 2.18 bits per heavy atom. The molecule has 1 aromatic carbocycles. The van der Waals surface area contributed by atoms with Crippen LogP contribution in [0.4, 0.5) is 0 Å². The second-order valence-corrected chi connectivity index (χ2v) is 4.54. The fraction of sp³-hybridized carbons (Fsp3) is 0.500. The van der Waals surface area contributed by atoms with Crippen LogP contribution < -0.4 is 5.73 Å². The number of rotatable bonds is 5. The molecule has 0 fully saturated rings. The van der Waals surface area contributed by atoms with Gasteiger partial charge in [-0.05, 0) is 24.0 Å². The Balaban J connectivity index is 2.70. The molecular formula is C14H22N2O. The minimum absolute atomic E-state index is 0.104. The van der Waals surface area contributed by atoms with Gasteiger partial charge >= 0.3 is 0 Å². The second kappa shape index (κ2) is 6.40. The minimum atomic E-state index is -0.113. The fourth-order valence-electron chi connectivity index (χ4n) is 1.83. The molecular weight excluding hydrogens is 212 g/mol. The molecule has 1 aromatic rings. The van der Waals surface area contributed by atoms with Crippen molar-refractivity contribution in [2.24, 2.45) is 11.7 Å². The number of nitrogens with zero attached hydrogens (tertiary/aromatic N) is 1. The average molecular weight is 234 g/mol. The molecule has 0 radical (unpaired) electrons. The maximum absolute atomic E-state index is 11.8. The quantitative estimate of drug-likeness (QED) is 0.838. The lowest BCUT2D eigenvalue weighted by atomic mass is 9.97. The van der Waals surface area contributed by atoms with E-state index < -0.39 is 0 Å². The van der Waals surface area contributed by atoms with Gasteiger partial charge in [-0.15, -0.1) is 0 Å². The van der Waals surface area contributed by atoms with Gasteiger partial charge in [-0.2, -0.15) is 0 Å². The molecule has 0 aliphatic carbocycles. The number of amides is 1. The van der Waals surface area contributed by atoms with Crippen molar-refractivity contribution in [3.63, 3.8) is 0 Å². The van der Waals surface area contributed by atoms with Gasteiger partial charge in [0.05, 0.1) is 5.92 Å². The van der Waals surface area contributed by atoms with Crippen molar-refractivity contribution in [2.45, 2.75) is 19.8 Å². The van der Waals surface area contributed by atoms with Gasteiger partial charge in [0.15, 0.2) is 0 Å². The van der Waals surface area contributed by atoms with E-state index in [-0.39, 0.29) is 11.8 Å². The largest absolute Gasteiger partial charge is 0.349 e. The van der Waals surface area contributed by atoms with Gasteiger partial charge in [-0.25, -0.2) is 0 Å². The van der Waals surface area contributed by atoms with Crippen LogP contribution in [-0.2, 0) is 17.6 Å². The molecule has 0 spiro atoms. The first-order chi connectivity index (χ1) is 8.08. The number of hydrogen-bond acceptors (Lipinski definition) is 2. The number of nitrogens with two attached hydrogens (primary N) is 1. The van der Waals surface area contributed by atoms with Crippen molar-refractivity contribution in [3.8, 4) is 0 Å². The van der Waals surface area contributed by atoms with Crippen molar-refractivity contribution in [3.05, 3.63) is 35.4 Å². The highest BCUT2D eigenvalue weighted by molar-refractivity contribution is 5.78. The Kier molecular flexibility index (Phi) is 5.16. The van der Waals surface area contributed by atoms with E-state index in [9.17, 15) is 4.79 Å². The van der Waals surface area contributed by atoms with E-state index in [0.717, 1.165) is 12.8 Å². The average Bonchev–Trinajstić information content (AvgIpc) is 2.35. The zero-order valence-electron chi connectivity index (χ0n) is 10.9. The van der Waals surface area contributed by atoms with Crippen molar-refractivity contribution in [1.29, 1.82) is 0 Å². The second-order valence-electron chi connectivity index (χ2n) is 4.54. The van der Waals surface area contributed by atoms with Crippen LogP contribution in [0.15, 0.2) is 24.3 Å². The smallest absolute Gasteiger partial charge is 0.226 e. The lowest BCUT2D eigenvalue weighted by molar-refractivity contribution is -0.132. The summed E-state index contributed by atoms with van der Waals surface area (Å²) in [7, 11) is 3.54. The summed E-state index contributed by atoms with van der Waals surface area (Å²) in [6.07, 6.45) is 1.76. The lowest BCUT2D eigenvalue weighted by Crippen LogP contribution is -2.35. The number of aryl methyl sites for hydroxylation is 1.